The molecule has 1 aromatic rings. The third-order valence-corrected chi connectivity index (χ3v) is 1.46. The summed E-state index contributed by atoms with van der Waals surface area (Å²) in [6.07, 6.45) is 4.35. The maximum Gasteiger partial charge on any atom is 0.271 e. The van der Waals surface area contributed by atoms with Crippen LogP contribution in [0.5, 0.6) is 0 Å². The van der Waals surface area contributed by atoms with Gasteiger partial charge in [-0.3, -0.25) is 15.1 Å². The van der Waals surface area contributed by atoms with Crippen LogP contribution in [0.15, 0.2) is 41.5 Å². The van der Waals surface area contributed by atoms with Crippen LogP contribution in [0.2, 0.25) is 0 Å². The van der Waals surface area contributed by atoms with E-state index < -0.39 is 4.92 Å². The zero-order valence-corrected chi connectivity index (χ0v) is 7.33. The van der Waals surface area contributed by atoms with Crippen molar-refractivity contribution in [3.8, 4) is 0 Å². The minimum absolute atomic E-state index is 0.0244. The van der Waals surface area contributed by atoms with Crippen LogP contribution in [0.25, 0.3) is 0 Å². The van der Waals surface area contributed by atoms with Crippen LogP contribution in [-0.4, -0.2) is 11.1 Å². The Hall–Kier alpha value is -2.17. The molecule has 0 unspecified atom stereocenters. The lowest BCUT2D eigenvalue weighted by Crippen LogP contribution is -1.85. The van der Waals surface area contributed by atoms with Crippen LogP contribution in [-0.2, 0) is 0 Å². The number of nitrogens with zero attached hydrogens (tertiary/aromatic N) is 2. The fourth-order valence-corrected chi connectivity index (χ4v) is 0.866. The summed E-state index contributed by atoms with van der Waals surface area (Å²) in [7, 11) is 0. The van der Waals surface area contributed by atoms with Crippen molar-refractivity contribution in [3.63, 3.8) is 0 Å². The highest BCUT2D eigenvalue weighted by atomic mass is 16.6. The van der Waals surface area contributed by atoms with Crippen molar-refractivity contribution in [1.82, 2.24) is 0 Å². The number of benzene rings is 1. The van der Waals surface area contributed by atoms with Gasteiger partial charge in [0.15, 0.2) is 0 Å². The van der Waals surface area contributed by atoms with E-state index in [2.05, 4.69) is 4.99 Å². The molecule has 0 aromatic heterocycles. The first-order valence-corrected chi connectivity index (χ1v) is 3.89. The van der Waals surface area contributed by atoms with E-state index in [9.17, 15) is 10.1 Å². The van der Waals surface area contributed by atoms with Crippen molar-refractivity contribution >= 4 is 17.6 Å². The van der Waals surface area contributed by atoms with Crippen molar-refractivity contribution < 1.29 is 4.92 Å². The molecule has 0 heterocycles. The number of allylic oxidation sites excluding steroid dienone is 1. The predicted octanol–water partition coefficient (Wildman–Crippen LogP) is 1.77. The number of nitro benzene ring substituents is 1. The van der Waals surface area contributed by atoms with Crippen molar-refractivity contribution in [1.29, 1.82) is 0 Å². The molecule has 14 heavy (non-hydrogen) atoms. The molecule has 5 heteroatoms. The standard InChI is InChI=1S/C9H9N3O2/c10-5-2-6-11-8-3-1-4-9(7-8)12(13)14/h1-7H,10H2/b5-2-,11-6?. The zero-order valence-electron chi connectivity index (χ0n) is 7.33. The van der Waals surface area contributed by atoms with Crippen LogP contribution in [0, 0.1) is 10.1 Å². The highest BCUT2D eigenvalue weighted by Crippen LogP contribution is 2.18. The van der Waals surface area contributed by atoms with E-state index in [1.54, 1.807) is 18.2 Å². The third kappa shape index (κ3) is 2.71. The Balaban J connectivity index is 2.89. The predicted molar refractivity (Wildman–Crippen MR) is 54.6 cm³/mol. The number of hydrogen-bond donors (Lipinski definition) is 1. The Kier molecular flexibility index (Phi) is 3.37. The van der Waals surface area contributed by atoms with E-state index in [-0.39, 0.29) is 5.69 Å². The number of hydrogen-bond acceptors (Lipinski definition) is 4. The summed E-state index contributed by atoms with van der Waals surface area (Å²) in [5.41, 5.74) is 5.64. The van der Waals surface area contributed by atoms with Gasteiger partial charge in [0.25, 0.3) is 5.69 Å². The van der Waals surface area contributed by atoms with Gasteiger partial charge in [0.2, 0.25) is 0 Å². The van der Waals surface area contributed by atoms with E-state index >= 15 is 0 Å². The molecular formula is C9H9N3O2. The van der Waals surface area contributed by atoms with E-state index in [4.69, 9.17) is 5.73 Å². The van der Waals surface area contributed by atoms with Gasteiger partial charge in [-0.1, -0.05) is 6.07 Å². The SMILES string of the molecule is N/C=C\C=Nc1cccc([N+](=O)[O-])c1. The smallest absolute Gasteiger partial charge is 0.271 e. The molecule has 0 amide bonds. The molecule has 0 saturated carbocycles. The number of nitrogens with two attached hydrogens (primary N) is 1. The molecule has 1 aromatic carbocycles. The largest absolute Gasteiger partial charge is 0.405 e. The van der Waals surface area contributed by atoms with Crippen LogP contribution in [0.1, 0.15) is 0 Å². The lowest BCUT2D eigenvalue weighted by molar-refractivity contribution is -0.384. The second-order valence-corrected chi connectivity index (χ2v) is 2.44. The number of rotatable bonds is 3. The number of aliphatic imine (C=N–C) groups is 1. The first kappa shape index (κ1) is 9.91. The van der Waals surface area contributed by atoms with Gasteiger partial charge in [0.05, 0.1) is 10.6 Å². The lowest BCUT2D eigenvalue weighted by atomic mass is 10.3. The molecule has 2 N–H and O–H groups in total. The third-order valence-electron chi connectivity index (χ3n) is 1.46. The molecule has 72 valence electrons. The van der Waals surface area contributed by atoms with Crippen LogP contribution in [0.4, 0.5) is 11.4 Å². The summed E-state index contributed by atoms with van der Waals surface area (Å²) in [6, 6.07) is 6.06. The van der Waals surface area contributed by atoms with E-state index in [0.29, 0.717) is 5.69 Å². The van der Waals surface area contributed by atoms with Crippen molar-refractivity contribution in [2.75, 3.05) is 0 Å². The second kappa shape index (κ2) is 4.76. The summed E-state index contributed by atoms with van der Waals surface area (Å²) in [5.74, 6) is 0. The molecule has 5 nitrogen and oxygen atoms in total. The monoisotopic (exact) mass is 191 g/mol. The minimum Gasteiger partial charge on any atom is -0.405 e. The summed E-state index contributed by atoms with van der Waals surface area (Å²) >= 11 is 0. The highest BCUT2D eigenvalue weighted by molar-refractivity contribution is 5.74. The van der Waals surface area contributed by atoms with Crippen molar-refractivity contribution in [3.05, 3.63) is 46.7 Å². The zero-order chi connectivity index (χ0) is 10.4. The molecule has 0 aliphatic carbocycles. The second-order valence-electron chi connectivity index (χ2n) is 2.44. The summed E-state index contributed by atoms with van der Waals surface area (Å²) in [5, 5.41) is 10.4. The Morgan fingerprint density at radius 1 is 1.50 bits per heavy atom. The molecule has 0 atom stereocenters. The molecule has 0 saturated heterocycles. The van der Waals surface area contributed by atoms with Crippen molar-refractivity contribution in [2.45, 2.75) is 0 Å². The molecule has 0 fully saturated rings. The molecule has 0 bridgehead atoms. The van der Waals surface area contributed by atoms with Crippen LogP contribution < -0.4 is 5.73 Å². The number of non-ortho nitro benzene ring substituents is 1. The van der Waals surface area contributed by atoms with Gasteiger partial charge in [-0.25, -0.2) is 0 Å². The summed E-state index contributed by atoms with van der Waals surface area (Å²) < 4.78 is 0. The van der Waals surface area contributed by atoms with Gasteiger partial charge in [-0.2, -0.15) is 0 Å². The summed E-state index contributed by atoms with van der Waals surface area (Å²) in [6.45, 7) is 0. The Bertz CT molecular complexity index is 385. The normalized spacial score (nSPS) is 11.1. The minimum atomic E-state index is -0.461. The van der Waals surface area contributed by atoms with Crippen molar-refractivity contribution in [2.24, 2.45) is 10.7 Å². The quantitative estimate of drug-likeness (QED) is 0.449. The Morgan fingerprint density at radius 3 is 2.93 bits per heavy atom. The topological polar surface area (TPSA) is 81.5 Å². The van der Waals surface area contributed by atoms with E-state index in [0.717, 1.165) is 0 Å². The molecule has 1 rings (SSSR count). The van der Waals surface area contributed by atoms with Crippen LogP contribution in [0.3, 0.4) is 0 Å². The van der Waals surface area contributed by atoms with Gasteiger partial charge in [-0.05, 0) is 18.3 Å². The molecule has 0 aliphatic heterocycles. The maximum absolute atomic E-state index is 10.4. The fourth-order valence-electron chi connectivity index (χ4n) is 0.866. The average Bonchev–Trinajstić information content (AvgIpc) is 2.19. The van der Waals surface area contributed by atoms with Crippen LogP contribution >= 0.6 is 0 Å². The lowest BCUT2D eigenvalue weighted by Gasteiger charge is -1.92. The Labute approximate surface area is 80.7 Å². The Morgan fingerprint density at radius 2 is 2.29 bits per heavy atom. The highest BCUT2D eigenvalue weighted by Gasteiger charge is 2.03. The molecular weight excluding hydrogens is 182 g/mol. The van der Waals surface area contributed by atoms with Gasteiger partial charge in [0.1, 0.15) is 0 Å². The molecule has 0 aliphatic rings. The maximum atomic E-state index is 10.4. The van der Waals surface area contributed by atoms with E-state index in [1.165, 1.54) is 24.5 Å². The first-order chi connectivity index (χ1) is 6.74. The van der Waals surface area contributed by atoms with E-state index in [1.807, 2.05) is 0 Å². The average molecular weight is 191 g/mol. The summed E-state index contributed by atoms with van der Waals surface area (Å²) in [4.78, 5) is 13.9. The van der Waals surface area contributed by atoms with Gasteiger partial charge < -0.3 is 5.73 Å². The van der Waals surface area contributed by atoms with Gasteiger partial charge in [0, 0.05) is 18.3 Å². The first-order valence-electron chi connectivity index (χ1n) is 3.89. The fraction of sp³-hybridized carbons (Fsp3) is 0. The number of nitro groups is 1. The molecule has 0 spiro atoms. The van der Waals surface area contributed by atoms with Gasteiger partial charge in [-0.15, -0.1) is 0 Å². The van der Waals surface area contributed by atoms with Gasteiger partial charge >= 0.3 is 0 Å². The molecule has 0 radical (unpaired) electrons.